The lowest BCUT2D eigenvalue weighted by Gasteiger charge is -2.20. The van der Waals surface area contributed by atoms with E-state index in [1.165, 1.54) is 17.0 Å². The third kappa shape index (κ3) is 3.81. The molecule has 0 saturated heterocycles. The Balaban J connectivity index is 2.19. The van der Waals surface area contributed by atoms with Gasteiger partial charge in [0.15, 0.2) is 0 Å². The van der Waals surface area contributed by atoms with Gasteiger partial charge < -0.3 is 10.0 Å². The number of halogens is 2. The molecule has 1 heterocycles. The molecule has 1 aliphatic rings. The second-order valence-electron chi connectivity index (χ2n) is 4.50. The van der Waals surface area contributed by atoms with Gasteiger partial charge >= 0.3 is 5.97 Å². The fourth-order valence-electron chi connectivity index (χ4n) is 1.74. The van der Waals surface area contributed by atoms with Gasteiger partial charge in [0.25, 0.3) is 5.91 Å². The van der Waals surface area contributed by atoms with E-state index in [-0.39, 0.29) is 22.4 Å². The Morgan fingerprint density at radius 3 is 2.58 bits per heavy atom. The van der Waals surface area contributed by atoms with Crippen LogP contribution in [0.15, 0.2) is 12.1 Å². The van der Waals surface area contributed by atoms with Crippen LogP contribution < -0.4 is 0 Å². The van der Waals surface area contributed by atoms with Crippen molar-refractivity contribution in [1.82, 2.24) is 9.88 Å². The zero-order chi connectivity index (χ0) is 14.0. The molecule has 0 radical (unpaired) electrons. The van der Waals surface area contributed by atoms with Crippen molar-refractivity contribution in [2.45, 2.75) is 12.8 Å². The SMILES string of the molecule is O=C(O)CN(CC1CC1)C(=O)c1ccc(Cl)nc1Cl. The second-order valence-corrected chi connectivity index (χ2v) is 5.24. The summed E-state index contributed by atoms with van der Waals surface area (Å²) in [5.41, 5.74) is 0.174. The minimum Gasteiger partial charge on any atom is -0.480 e. The Morgan fingerprint density at radius 2 is 2.05 bits per heavy atom. The Hall–Kier alpha value is -1.33. The van der Waals surface area contributed by atoms with E-state index in [0.29, 0.717) is 12.5 Å². The van der Waals surface area contributed by atoms with Gasteiger partial charge in [0.1, 0.15) is 16.9 Å². The molecular formula is C12H12Cl2N2O3. The van der Waals surface area contributed by atoms with Crippen LogP contribution in [0.5, 0.6) is 0 Å². The van der Waals surface area contributed by atoms with E-state index in [0.717, 1.165) is 12.8 Å². The van der Waals surface area contributed by atoms with Crippen LogP contribution in [-0.2, 0) is 4.79 Å². The van der Waals surface area contributed by atoms with E-state index < -0.39 is 11.9 Å². The average molecular weight is 303 g/mol. The van der Waals surface area contributed by atoms with Crippen molar-refractivity contribution in [3.8, 4) is 0 Å². The molecule has 0 bridgehead atoms. The summed E-state index contributed by atoms with van der Waals surface area (Å²) in [5.74, 6) is -1.09. The van der Waals surface area contributed by atoms with Crippen molar-refractivity contribution in [2.24, 2.45) is 5.92 Å². The summed E-state index contributed by atoms with van der Waals surface area (Å²) < 4.78 is 0. The first-order valence-corrected chi connectivity index (χ1v) is 6.56. The highest BCUT2D eigenvalue weighted by Gasteiger charge is 2.29. The molecule has 1 amide bonds. The molecule has 0 aromatic carbocycles. The fourth-order valence-corrected chi connectivity index (χ4v) is 2.16. The van der Waals surface area contributed by atoms with Crippen LogP contribution in [-0.4, -0.2) is 40.0 Å². The first-order valence-electron chi connectivity index (χ1n) is 5.80. The molecule has 1 fully saturated rings. The van der Waals surface area contributed by atoms with Gasteiger partial charge in [-0.2, -0.15) is 0 Å². The highest BCUT2D eigenvalue weighted by Crippen LogP contribution is 2.30. The van der Waals surface area contributed by atoms with Crippen LogP contribution in [0.4, 0.5) is 0 Å². The summed E-state index contributed by atoms with van der Waals surface area (Å²) in [6, 6.07) is 2.92. The largest absolute Gasteiger partial charge is 0.480 e. The van der Waals surface area contributed by atoms with Gasteiger partial charge in [-0.3, -0.25) is 9.59 Å². The van der Waals surface area contributed by atoms with Gasteiger partial charge in [-0.05, 0) is 30.9 Å². The van der Waals surface area contributed by atoms with Gasteiger partial charge in [0.2, 0.25) is 0 Å². The zero-order valence-corrected chi connectivity index (χ0v) is 11.5. The van der Waals surface area contributed by atoms with E-state index in [1.807, 2.05) is 0 Å². The molecule has 0 spiro atoms. The maximum atomic E-state index is 12.3. The monoisotopic (exact) mass is 302 g/mol. The summed E-state index contributed by atoms with van der Waals surface area (Å²) in [7, 11) is 0. The normalized spacial score (nSPS) is 14.2. The lowest BCUT2D eigenvalue weighted by molar-refractivity contribution is -0.137. The average Bonchev–Trinajstić information content (AvgIpc) is 3.10. The number of nitrogens with zero attached hydrogens (tertiary/aromatic N) is 2. The third-order valence-corrected chi connectivity index (χ3v) is 3.33. The molecule has 7 heteroatoms. The molecule has 1 saturated carbocycles. The van der Waals surface area contributed by atoms with Crippen LogP contribution in [0.3, 0.4) is 0 Å². The third-order valence-electron chi connectivity index (χ3n) is 2.83. The Kier molecular flexibility index (Phi) is 4.27. The van der Waals surface area contributed by atoms with Crippen molar-refractivity contribution >= 4 is 35.1 Å². The van der Waals surface area contributed by atoms with Crippen LogP contribution in [0.1, 0.15) is 23.2 Å². The topological polar surface area (TPSA) is 70.5 Å². The van der Waals surface area contributed by atoms with E-state index in [4.69, 9.17) is 28.3 Å². The number of carbonyl (C=O) groups excluding carboxylic acids is 1. The van der Waals surface area contributed by atoms with Crippen molar-refractivity contribution in [3.63, 3.8) is 0 Å². The number of amides is 1. The molecule has 0 atom stereocenters. The molecule has 1 aromatic heterocycles. The molecule has 0 aliphatic heterocycles. The fraction of sp³-hybridized carbons (Fsp3) is 0.417. The predicted octanol–water partition coefficient (Wildman–Crippen LogP) is 2.33. The van der Waals surface area contributed by atoms with Crippen molar-refractivity contribution in [1.29, 1.82) is 0 Å². The number of carboxylic acids is 1. The number of rotatable bonds is 5. The number of carbonyl (C=O) groups is 2. The summed E-state index contributed by atoms with van der Waals surface area (Å²) in [6.07, 6.45) is 2.05. The van der Waals surface area contributed by atoms with Crippen LogP contribution in [0.25, 0.3) is 0 Å². The first-order chi connectivity index (χ1) is 8.97. The van der Waals surface area contributed by atoms with Crippen LogP contribution >= 0.6 is 23.2 Å². The minimum absolute atomic E-state index is 0.0105. The standard InChI is InChI=1S/C12H12Cl2N2O3/c13-9-4-3-8(11(14)15-9)12(19)16(6-10(17)18)5-7-1-2-7/h3-4,7H,1-2,5-6H2,(H,17,18). The quantitative estimate of drug-likeness (QED) is 0.847. The summed E-state index contributed by atoms with van der Waals surface area (Å²) >= 11 is 11.5. The highest BCUT2D eigenvalue weighted by molar-refractivity contribution is 6.34. The molecule has 1 aromatic rings. The number of hydrogen-bond acceptors (Lipinski definition) is 3. The Morgan fingerprint density at radius 1 is 1.37 bits per heavy atom. The van der Waals surface area contributed by atoms with Crippen LogP contribution in [0, 0.1) is 5.92 Å². The number of hydrogen-bond donors (Lipinski definition) is 1. The second kappa shape index (κ2) is 5.75. The molecule has 5 nitrogen and oxygen atoms in total. The lowest BCUT2D eigenvalue weighted by Crippen LogP contribution is -2.37. The smallest absolute Gasteiger partial charge is 0.323 e. The predicted molar refractivity (Wildman–Crippen MR) is 70.5 cm³/mol. The molecule has 1 N–H and O–H groups in total. The van der Waals surface area contributed by atoms with E-state index in [2.05, 4.69) is 4.98 Å². The number of pyridine rings is 1. The highest BCUT2D eigenvalue weighted by atomic mass is 35.5. The van der Waals surface area contributed by atoms with E-state index in [9.17, 15) is 9.59 Å². The van der Waals surface area contributed by atoms with E-state index >= 15 is 0 Å². The van der Waals surface area contributed by atoms with Gasteiger partial charge in [0.05, 0.1) is 5.56 Å². The van der Waals surface area contributed by atoms with Gasteiger partial charge in [-0.1, -0.05) is 23.2 Å². The molecule has 2 rings (SSSR count). The Bertz CT molecular complexity index is 518. The zero-order valence-electron chi connectivity index (χ0n) is 9.97. The van der Waals surface area contributed by atoms with Crippen molar-refractivity contribution < 1.29 is 14.7 Å². The number of aromatic nitrogens is 1. The Labute approximate surface area is 120 Å². The molecule has 102 valence electrons. The van der Waals surface area contributed by atoms with Crippen molar-refractivity contribution in [3.05, 3.63) is 28.0 Å². The maximum absolute atomic E-state index is 12.3. The number of carboxylic acid groups (broad SMARTS) is 1. The molecule has 19 heavy (non-hydrogen) atoms. The van der Waals surface area contributed by atoms with Gasteiger partial charge in [0, 0.05) is 6.54 Å². The number of aliphatic carboxylic acids is 1. The molecule has 1 aliphatic carbocycles. The van der Waals surface area contributed by atoms with Gasteiger partial charge in [-0.15, -0.1) is 0 Å². The van der Waals surface area contributed by atoms with Crippen LogP contribution in [0.2, 0.25) is 10.3 Å². The first kappa shape index (κ1) is 14.1. The lowest BCUT2D eigenvalue weighted by atomic mass is 10.2. The molecular weight excluding hydrogens is 291 g/mol. The molecule has 0 unspecified atom stereocenters. The summed E-state index contributed by atoms with van der Waals surface area (Å²) in [5, 5.41) is 9.04. The minimum atomic E-state index is -1.05. The maximum Gasteiger partial charge on any atom is 0.323 e. The van der Waals surface area contributed by atoms with E-state index in [1.54, 1.807) is 0 Å². The summed E-state index contributed by atoms with van der Waals surface area (Å²) in [6.45, 7) is 0.0956. The van der Waals surface area contributed by atoms with Gasteiger partial charge in [-0.25, -0.2) is 4.98 Å². The van der Waals surface area contributed by atoms with Crippen molar-refractivity contribution in [2.75, 3.05) is 13.1 Å². The summed E-state index contributed by atoms with van der Waals surface area (Å²) in [4.78, 5) is 28.2.